The number of ether oxygens (including phenoxy) is 1. The third-order valence-corrected chi connectivity index (χ3v) is 4.69. The number of hydrogen-bond donors (Lipinski definition) is 0. The van der Waals surface area contributed by atoms with Crippen molar-refractivity contribution in [3.8, 4) is 11.4 Å². The van der Waals surface area contributed by atoms with Crippen LogP contribution in [0.5, 0.6) is 5.75 Å². The van der Waals surface area contributed by atoms with E-state index in [4.69, 9.17) is 27.9 Å². The molecule has 0 amide bonds. The first-order valence-corrected chi connectivity index (χ1v) is 8.42. The van der Waals surface area contributed by atoms with Crippen LogP contribution < -0.4 is 4.74 Å². The average molecular weight is 379 g/mol. The molecule has 2 aromatic carbocycles. The van der Waals surface area contributed by atoms with Gasteiger partial charge in [0.1, 0.15) is 5.75 Å². The predicted molar refractivity (Wildman–Crippen MR) is 101 cm³/mol. The molecular formula is C18H16Cl2N2O3. The van der Waals surface area contributed by atoms with Crippen molar-refractivity contribution in [2.45, 2.75) is 19.8 Å². The van der Waals surface area contributed by atoms with Gasteiger partial charge in [-0.1, -0.05) is 37.0 Å². The van der Waals surface area contributed by atoms with E-state index in [9.17, 15) is 10.1 Å². The lowest BCUT2D eigenvalue weighted by Crippen LogP contribution is -1.99. The number of fused-ring (bicyclic) bond motifs is 1. The molecule has 1 aromatic heterocycles. The van der Waals surface area contributed by atoms with E-state index in [-0.39, 0.29) is 21.7 Å². The van der Waals surface area contributed by atoms with Crippen LogP contribution in [0.4, 0.5) is 5.69 Å². The SMILES string of the molecule is COc1cc2ccn(-c3c(Cl)cc([N+](=O)[O-])cc3Cl)c2cc1C(C)C. The summed E-state index contributed by atoms with van der Waals surface area (Å²) >= 11 is 12.6. The van der Waals surface area contributed by atoms with Crippen LogP contribution >= 0.6 is 23.2 Å². The average Bonchev–Trinajstić information content (AvgIpc) is 2.95. The van der Waals surface area contributed by atoms with Gasteiger partial charge >= 0.3 is 0 Å². The number of halogens is 2. The lowest BCUT2D eigenvalue weighted by Gasteiger charge is -2.15. The largest absolute Gasteiger partial charge is 0.496 e. The van der Waals surface area contributed by atoms with Gasteiger partial charge < -0.3 is 9.30 Å². The van der Waals surface area contributed by atoms with Gasteiger partial charge in [0, 0.05) is 23.7 Å². The highest BCUT2D eigenvalue weighted by Gasteiger charge is 2.18. The summed E-state index contributed by atoms with van der Waals surface area (Å²) in [6.07, 6.45) is 1.84. The monoisotopic (exact) mass is 378 g/mol. The Kier molecular flexibility index (Phi) is 4.62. The number of nitrogens with zero attached hydrogens (tertiary/aromatic N) is 2. The summed E-state index contributed by atoms with van der Waals surface area (Å²) in [6.45, 7) is 4.17. The van der Waals surface area contributed by atoms with E-state index < -0.39 is 4.92 Å². The smallest absolute Gasteiger partial charge is 0.272 e. The van der Waals surface area contributed by atoms with Gasteiger partial charge in [0.15, 0.2) is 0 Å². The highest BCUT2D eigenvalue weighted by Crippen LogP contribution is 2.38. The van der Waals surface area contributed by atoms with Crippen molar-refractivity contribution in [3.63, 3.8) is 0 Å². The lowest BCUT2D eigenvalue weighted by atomic mass is 10.0. The van der Waals surface area contributed by atoms with Crippen molar-refractivity contribution in [2.24, 2.45) is 0 Å². The molecule has 0 N–H and O–H groups in total. The van der Waals surface area contributed by atoms with Crippen LogP contribution in [0, 0.1) is 10.1 Å². The number of benzene rings is 2. The fourth-order valence-corrected chi connectivity index (χ4v) is 3.55. The number of hydrogen-bond acceptors (Lipinski definition) is 3. The van der Waals surface area contributed by atoms with E-state index in [1.807, 2.05) is 29.0 Å². The number of rotatable bonds is 4. The van der Waals surface area contributed by atoms with E-state index in [0.717, 1.165) is 22.2 Å². The van der Waals surface area contributed by atoms with Gasteiger partial charge in [-0.05, 0) is 29.7 Å². The van der Waals surface area contributed by atoms with Crippen molar-refractivity contribution in [1.29, 1.82) is 0 Å². The fraction of sp³-hybridized carbons (Fsp3) is 0.222. The van der Waals surface area contributed by atoms with Crippen LogP contribution in [-0.4, -0.2) is 16.6 Å². The first-order chi connectivity index (χ1) is 11.8. The summed E-state index contributed by atoms with van der Waals surface area (Å²) < 4.78 is 7.33. The van der Waals surface area contributed by atoms with Crippen LogP contribution in [0.25, 0.3) is 16.6 Å². The second-order valence-corrected chi connectivity index (χ2v) is 6.82. The first-order valence-electron chi connectivity index (χ1n) is 7.66. The lowest BCUT2D eigenvalue weighted by molar-refractivity contribution is -0.384. The van der Waals surface area contributed by atoms with Crippen molar-refractivity contribution >= 4 is 39.8 Å². The molecule has 3 rings (SSSR count). The van der Waals surface area contributed by atoms with E-state index in [1.165, 1.54) is 12.1 Å². The number of non-ortho nitro benzene ring substituents is 1. The predicted octanol–water partition coefficient (Wildman–Crippen LogP) is 5.98. The molecule has 0 radical (unpaired) electrons. The normalized spacial score (nSPS) is 11.3. The highest BCUT2D eigenvalue weighted by molar-refractivity contribution is 6.38. The molecule has 0 spiro atoms. The van der Waals surface area contributed by atoms with E-state index in [0.29, 0.717) is 5.69 Å². The number of methoxy groups -OCH3 is 1. The molecule has 0 saturated carbocycles. The summed E-state index contributed by atoms with van der Waals surface area (Å²) in [5, 5.41) is 12.4. The van der Waals surface area contributed by atoms with Gasteiger partial charge in [-0.25, -0.2) is 0 Å². The van der Waals surface area contributed by atoms with Crippen molar-refractivity contribution in [1.82, 2.24) is 4.57 Å². The molecule has 0 aliphatic heterocycles. The molecule has 5 nitrogen and oxygen atoms in total. The van der Waals surface area contributed by atoms with Crippen LogP contribution in [-0.2, 0) is 0 Å². The Morgan fingerprint density at radius 2 is 1.80 bits per heavy atom. The zero-order valence-corrected chi connectivity index (χ0v) is 15.4. The molecule has 25 heavy (non-hydrogen) atoms. The minimum absolute atomic E-state index is 0.139. The first kappa shape index (κ1) is 17.6. The number of nitro groups is 1. The zero-order valence-electron chi connectivity index (χ0n) is 13.9. The van der Waals surface area contributed by atoms with Gasteiger partial charge in [-0.2, -0.15) is 0 Å². The third kappa shape index (κ3) is 3.05. The summed E-state index contributed by atoms with van der Waals surface area (Å²) in [5.41, 5.74) is 2.34. The number of aromatic nitrogens is 1. The molecule has 0 bridgehead atoms. The molecule has 0 atom stereocenters. The van der Waals surface area contributed by atoms with Gasteiger partial charge in [0.25, 0.3) is 5.69 Å². The van der Waals surface area contributed by atoms with E-state index in [2.05, 4.69) is 13.8 Å². The zero-order chi connectivity index (χ0) is 18.3. The fourth-order valence-electron chi connectivity index (χ4n) is 2.89. The Bertz CT molecular complexity index is 957. The van der Waals surface area contributed by atoms with Crippen LogP contribution in [0.3, 0.4) is 0 Å². The topological polar surface area (TPSA) is 57.3 Å². The molecule has 7 heteroatoms. The number of nitro benzene ring substituents is 1. The van der Waals surface area contributed by atoms with Gasteiger partial charge in [-0.3, -0.25) is 10.1 Å². The Morgan fingerprint density at radius 3 is 2.32 bits per heavy atom. The molecule has 0 unspecified atom stereocenters. The van der Waals surface area contributed by atoms with Crippen LogP contribution in [0.1, 0.15) is 25.3 Å². The van der Waals surface area contributed by atoms with Gasteiger partial charge in [0.05, 0.1) is 33.3 Å². The standard InChI is InChI=1S/C18H16Cl2N2O3/c1-10(2)13-9-16-11(6-17(13)25-3)4-5-21(16)18-14(19)7-12(22(23)24)8-15(18)20/h4-10H,1-3H3. The van der Waals surface area contributed by atoms with Crippen molar-refractivity contribution in [2.75, 3.05) is 7.11 Å². The molecule has 0 saturated heterocycles. The van der Waals surface area contributed by atoms with E-state index in [1.54, 1.807) is 7.11 Å². The van der Waals surface area contributed by atoms with Crippen LogP contribution in [0.2, 0.25) is 10.0 Å². The molecule has 1 heterocycles. The molecule has 0 fully saturated rings. The molecule has 3 aromatic rings. The van der Waals surface area contributed by atoms with Gasteiger partial charge in [0.2, 0.25) is 0 Å². The highest BCUT2D eigenvalue weighted by atomic mass is 35.5. The second-order valence-electron chi connectivity index (χ2n) is 6.01. The minimum atomic E-state index is -0.517. The van der Waals surface area contributed by atoms with Crippen molar-refractivity contribution < 1.29 is 9.66 Å². The van der Waals surface area contributed by atoms with E-state index >= 15 is 0 Å². The Morgan fingerprint density at radius 1 is 1.16 bits per heavy atom. The molecule has 0 aliphatic carbocycles. The quantitative estimate of drug-likeness (QED) is 0.414. The minimum Gasteiger partial charge on any atom is -0.496 e. The summed E-state index contributed by atoms with van der Waals surface area (Å²) in [6, 6.07) is 8.54. The Balaban J connectivity index is 2.27. The van der Waals surface area contributed by atoms with Gasteiger partial charge in [-0.15, -0.1) is 0 Å². The maximum atomic E-state index is 11.0. The Labute approximate surface area is 154 Å². The van der Waals surface area contributed by atoms with Crippen molar-refractivity contribution in [3.05, 3.63) is 62.3 Å². The maximum absolute atomic E-state index is 11.0. The molecule has 0 aliphatic rings. The summed E-state index contributed by atoms with van der Waals surface area (Å²) in [5.74, 6) is 1.09. The maximum Gasteiger partial charge on any atom is 0.272 e. The summed E-state index contributed by atoms with van der Waals surface area (Å²) in [4.78, 5) is 10.5. The molecule has 130 valence electrons. The van der Waals surface area contributed by atoms with Crippen LogP contribution in [0.15, 0.2) is 36.5 Å². The molecular weight excluding hydrogens is 363 g/mol. The summed E-state index contributed by atoms with van der Waals surface area (Å²) in [7, 11) is 1.65. The Hall–Kier alpha value is -2.24. The third-order valence-electron chi connectivity index (χ3n) is 4.12. The second kappa shape index (κ2) is 6.58.